The Hall–Kier alpha value is -2.55. The van der Waals surface area contributed by atoms with Gasteiger partial charge in [-0.15, -0.1) is 10.2 Å². The number of anilines is 2. The van der Waals surface area contributed by atoms with Gasteiger partial charge in [-0.25, -0.2) is 8.42 Å². The highest BCUT2D eigenvalue weighted by Gasteiger charge is 2.20. The summed E-state index contributed by atoms with van der Waals surface area (Å²) in [5.41, 5.74) is 0. The van der Waals surface area contributed by atoms with Crippen molar-refractivity contribution in [2.45, 2.75) is 31.6 Å². The normalized spacial score (nSPS) is 13.3. The number of hydrogen-bond acceptors (Lipinski definition) is 7. The highest BCUT2D eigenvalue weighted by Crippen LogP contribution is 2.32. The standard InChI is InChI=1S/C18H24N4O4S/c1-3-9-22(10-4-2)18-8-7-17(19-20-18)21-27(23,24)14-5-6-15-16(13-14)26-12-11-25-15/h5-8,13H,3-4,9-12H2,1-2H3,(H,19,21). The molecule has 0 aliphatic carbocycles. The van der Waals surface area contributed by atoms with Crippen molar-refractivity contribution in [3.8, 4) is 11.5 Å². The molecule has 1 aromatic carbocycles. The quantitative estimate of drug-likeness (QED) is 0.738. The monoisotopic (exact) mass is 392 g/mol. The van der Waals surface area contributed by atoms with Crippen molar-refractivity contribution in [2.75, 3.05) is 35.9 Å². The lowest BCUT2D eigenvalue weighted by atomic mass is 10.3. The molecular formula is C18H24N4O4S. The highest BCUT2D eigenvalue weighted by molar-refractivity contribution is 7.92. The van der Waals surface area contributed by atoms with Crippen LogP contribution in [0.25, 0.3) is 0 Å². The number of nitrogens with one attached hydrogen (secondary N) is 1. The first-order chi connectivity index (χ1) is 13.0. The summed E-state index contributed by atoms with van der Waals surface area (Å²) in [6, 6.07) is 7.91. The largest absolute Gasteiger partial charge is 0.486 e. The van der Waals surface area contributed by atoms with Crippen LogP contribution in [0.2, 0.25) is 0 Å². The first-order valence-corrected chi connectivity index (χ1v) is 10.5. The van der Waals surface area contributed by atoms with Crippen LogP contribution >= 0.6 is 0 Å². The van der Waals surface area contributed by atoms with E-state index in [4.69, 9.17) is 9.47 Å². The minimum Gasteiger partial charge on any atom is -0.486 e. The fourth-order valence-corrected chi connectivity index (χ4v) is 3.83. The van der Waals surface area contributed by atoms with Gasteiger partial charge in [0.25, 0.3) is 10.0 Å². The number of aromatic nitrogens is 2. The maximum Gasteiger partial charge on any atom is 0.263 e. The zero-order chi connectivity index (χ0) is 19.3. The van der Waals surface area contributed by atoms with E-state index in [1.807, 2.05) is 0 Å². The molecule has 1 N–H and O–H groups in total. The Labute approximate surface area is 159 Å². The molecule has 0 unspecified atom stereocenters. The van der Waals surface area contributed by atoms with E-state index in [0.717, 1.165) is 31.7 Å². The van der Waals surface area contributed by atoms with Gasteiger partial charge in [0.1, 0.15) is 13.2 Å². The summed E-state index contributed by atoms with van der Waals surface area (Å²) in [6.07, 6.45) is 2.00. The molecule has 0 atom stereocenters. The molecule has 0 saturated heterocycles. The van der Waals surface area contributed by atoms with Crippen molar-refractivity contribution in [1.82, 2.24) is 10.2 Å². The maximum atomic E-state index is 12.6. The van der Waals surface area contributed by atoms with Gasteiger partial charge in [-0.3, -0.25) is 4.72 Å². The van der Waals surface area contributed by atoms with Crippen LogP contribution in [0.15, 0.2) is 35.2 Å². The Kier molecular flexibility index (Phi) is 6.00. The lowest BCUT2D eigenvalue weighted by Gasteiger charge is -2.22. The smallest absolute Gasteiger partial charge is 0.263 e. The molecular weight excluding hydrogens is 368 g/mol. The van der Waals surface area contributed by atoms with Crippen LogP contribution in [-0.2, 0) is 10.0 Å². The molecule has 146 valence electrons. The molecule has 1 aliphatic heterocycles. The predicted molar refractivity (Wildman–Crippen MR) is 103 cm³/mol. The summed E-state index contributed by atoms with van der Waals surface area (Å²) >= 11 is 0. The first kappa shape index (κ1) is 19.2. The van der Waals surface area contributed by atoms with E-state index in [1.165, 1.54) is 12.1 Å². The molecule has 1 aromatic heterocycles. The van der Waals surface area contributed by atoms with Crippen LogP contribution in [-0.4, -0.2) is 44.9 Å². The van der Waals surface area contributed by atoms with Crippen molar-refractivity contribution < 1.29 is 17.9 Å². The van der Waals surface area contributed by atoms with E-state index < -0.39 is 10.0 Å². The summed E-state index contributed by atoms with van der Waals surface area (Å²) in [5.74, 6) is 1.86. The van der Waals surface area contributed by atoms with Gasteiger partial charge in [0.2, 0.25) is 0 Å². The van der Waals surface area contributed by atoms with E-state index in [-0.39, 0.29) is 10.7 Å². The number of nitrogens with zero attached hydrogens (tertiary/aromatic N) is 3. The van der Waals surface area contributed by atoms with Gasteiger partial charge in [0.05, 0.1) is 4.90 Å². The second kappa shape index (κ2) is 8.43. The molecule has 8 nitrogen and oxygen atoms in total. The van der Waals surface area contributed by atoms with Gasteiger partial charge in [-0.05, 0) is 37.1 Å². The molecule has 2 heterocycles. The Morgan fingerprint density at radius 3 is 2.33 bits per heavy atom. The molecule has 0 saturated carbocycles. The maximum absolute atomic E-state index is 12.6. The van der Waals surface area contributed by atoms with Gasteiger partial charge in [0, 0.05) is 19.2 Å². The fourth-order valence-electron chi connectivity index (χ4n) is 2.82. The lowest BCUT2D eigenvalue weighted by Crippen LogP contribution is -2.26. The molecule has 2 aromatic rings. The van der Waals surface area contributed by atoms with E-state index in [0.29, 0.717) is 24.7 Å². The van der Waals surface area contributed by atoms with Crippen molar-refractivity contribution in [3.05, 3.63) is 30.3 Å². The van der Waals surface area contributed by atoms with E-state index in [9.17, 15) is 8.42 Å². The van der Waals surface area contributed by atoms with Crippen LogP contribution in [0.3, 0.4) is 0 Å². The SMILES string of the molecule is CCCN(CCC)c1ccc(NS(=O)(=O)c2ccc3c(c2)OCCO3)nn1. The van der Waals surface area contributed by atoms with E-state index in [1.54, 1.807) is 18.2 Å². The summed E-state index contributed by atoms with van der Waals surface area (Å²) in [6.45, 7) is 6.81. The Morgan fingerprint density at radius 2 is 1.70 bits per heavy atom. The molecule has 0 spiro atoms. The van der Waals surface area contributed by atoms with Crippen molar-refractivity contribution in [1.29, 1.82) is 0 Å². The molecule has 0 radical (unpaired) electrons. The van der Waals surface area contributed by atoms with Crippen molar-refractivity contribution in [3.63, 3.8) is 0 Å². The third-order valence-electron chi connectivity index (χ3n) is 4.02. The van der Waals surface area contributed by atoms with Crippen molar-refractivity contribution >= 4 is 21.7 Å². The van der Waals surface area contributed by atoms with Gasteiger partial charge in [-0.2, -0.15) is 0 Å². The second-order valence-corrected chi connectivity index (χ2v) is 7.86. The van der Waals surface area contributed by atoms with Crippen LogP contribution in [0.1, 0.15) is 26.7 Å². The van der Waals surface area contributed by atoms with Crippen LogP contribution < -0.4 is 19.1 Å². The van der Waals surface area contributed by atoms with Gasteiger partial charge < -0.3 is 14.4 Å². The average Bonchev–Trinajstić information content (AvgIpc) is 2.68. The Balaban J connectivity index is 1.76. The highest BCUT2D eigenvalue weighted by atomic mass is 32.2. The van der Waals surface area contributed by atoms with E-state index >= 15 is 0 Å². The predicted octanol–water partition coefficient (Wildman–Crippen LogP) is 2.68. The summed E-state index contributed by atoms with van der Waals surface area (Å²) in [7, 11) is -3.80. The summed E-state index contributed by atoms with van der Waals surface area (Å²) in [4.78, 5) is 2.21. The number of fused-ring (bicyclic) bond motifs is 1. The summed E-state index contributed by atoms with van der Waals surface area (Å²) < 4.78 is 38.6. The van der Waals surface area contributed by atoms with Crippen molar-refractivity contribution in [2.24, 2.45) is 0 Å². The molecule has 9 heteroatoms. The molecule has 0 amide bonds. The molecule has 1 aliphatic rings. The number of benzene rings is 1. The third-order valence-corrected chi connectivity index (χ3v) is 5.38. The number of hydrogen-bond donors (Lipinski definition) is 1. The molecule has 0 bridgehead atoms. The zero-order valence-corrected chi connectivity index (χ0v) is 16.3. The van der Waals surface area contributed by atoms with E-state index in [2.05, 4.69) is 33.7 Å². The molecule has 0 fully saturated rings. The van der Waals surface area contributed by atoms with Crippen LogP contribution in [0.4, 0.5) is 11.6 Å². The topological polar surface area (TPSA) is 93.7 Å². The van der Waals surface area contributed by atoms with Crippen LogP contribution in [0.5, 0.6) is 11.5 Å². The number of rotatable bonds is 8. The number of ether oxygens (including phenoxy) is 2. The van der Waals surface area contributed by atoms with Gasteiger partial charge in [-0.1, -0.05) is 13.8 Å². The Morgan fingerprint density at radius 1 is 1.00 bits per heavy atom. The first-order valence-electron chi connectivity index (χ1n) is 9.04. The third kappa shape index (κ3) is 4.60. The second-order valence-electron chi connectivity index (χ2n) is 6.17. The molecule has 27 heavy (non-hydrogen) atoms. The number of sulfonamides is 1. The fraction of sp³-hybridized carbons (Fsp3) is 0.444. The lowest BCUT2D eigenvalue weighted by molar-refractivity contribution is 0.171. The van der Waals surface area contributed by atoms with Crippen LogP contribution in [0, 0.1) is 0 Å². The minimum absolute atomic E-state index is 0.0798. The summed E-state index contributed by atoms with van der Waals surface area (Å²) in [5, 5.41) is 8.19. The van der Waals surface area contributed by atoms with Gasteiger partial charge in [0.15, 0.2) is 23.1 Å². The molecule has 3 rings (SSSR count). The minimum atomic E-state index is -3.80. The van der Waals surface area contributed by atoms with Gasteiger partial charge >= 0.3 is 0 Å². The zero-order valence-electron chi connectivity index (χ0n) is 15.5. The Bertz CT molecular complexity index is 865. The average molecular weight is 392 g/mol.